The van der Waals surface area contributed by atoms with Crippen molar-refractivity contribution in [2.75, 3.05) is 5.73 Å². The minimum absolute atomic E-state index is 0. The van der Waals surface area contributed by atoms with Crippen molar-refractivity contribution >= 4 is 15.8 Å². The van der Waals surface area contributed by atoms with E-state index < -0.39 is 10.1 Å². The van der Waals surface area contributed by atoms with E-state index in [1.54, 1.807) is 0 Å². The van der Waals surface area contributed by atoms with Gasteiger partial charge in [0, 0.05) is 5.69 Å². The van der Waals surface area contributed by atoms with Gasteiger partial charge in [0.25, 0.3) is 10.1 Å². The van der Waals surface area contributed by atoms with E-state index >= 15 is 0 Å². The summed E-state index contributed by atoms with van der Waals surface area (Å²) in [6, 6.07) is 5.29. The molecule has 1 aromatic carbocycles. The molecule has 0 aliphatic carbocycles. The zero-order valence-corrected chi connectivity index (χ0v) is 10.5. The molecule has 0 aliphatic heterocycles. The summed E-state index contributed by atoms with van der Waals surface area (Å²) in [6.07, 6.45) is 0. The Balaban J connectivity index is 0. The van der Waals surface area contributed by atoms with Gasteiger partial charge < -0.3 is 7.16 Å². The van der Waals surface area contributed by atoms with Crippen LogP contribution in [0, 0.1) is 0 Å². The van der Waals surface area contributed by atoms with Crippen LogP contribution in [0.3, 0.4) is 0 Å². The van der Waals surface area contributed by atoms with E-state index in [-0.39, 0.29) is 57.7 Å². The molecule has 0 bridgehead atoms. The van der Waals surface area contributed by atoms with E-state index in [1.807, 2.05) is 0 Å². The second-order valence-electron chi connectivity index (χ2n) is 2.04. The number of rotatable bonds is 1. The van der Waals surface area contributed by atoms with Gasteiger partial charge in [-0.2, -0.15) is 8.42 Å². The smallest absolute Gasteiger partial charge is 1.00 e. The summed E-state index contributed by atoms with van der Waals surface area (Å²) in [5.41, 5.74) is 5.75. The van der Waals surface area contributed by atoms with Gasteiger partial charge in [-0.05, 0) is 24.3 Å². The number of nitrogen functional groups attached to an aromatic ring is 1. The number of benzene rings is 1. The van der Waals surface area contributed by atoms with E-state index in [9.17, 15) is 8.42 Å². The van der Waals surface area contributed by atoms with Crippen LogP contribution in [0.4, 0.5) is 5.69 Å². The zero-order valence-electron chi connectivity index (χ0n) is 7.56. The minimum Gasteiger partial charge on any atom is -1.00 e. The molecule has 0 aromatic heterocycles. The molecule has 3 N–H and O–H groups in total. The summed E-state index contributed by atoms with van der Waals surface area (Å²) in [7, 11) is -4.08. The predicted octanol–water partition coefficient (Wildman–Crippen LogP) is -2.37. The standard InChI is InChI=1S/C6H7NO3S.K.H/c7-5-1-3-6(4-2-5)11(8,9)10;;/h1-4H,7H2,(H,8,9,10);;/q;+1;-1. The summed E-state index contributed by atoms with van der Waals surface area (Å²) >= 11 is 0. The van der Waals surface area contributed by atoms with E-state index in [0.717, 1.165) is 0 Å². The van der Waals surface area contributed by atoms with Crippen molar-refractivity contribution in [3.8, 4) is 0 Å². The maximum Gasteiger partial charge on any atom is 1.00 e. The molecule has 0 fully saturated rings. The third-order valence-electron chi connectivity index (χ3n) is 1.18. The van der Waals surface area contributed by atoms with E-state index in [1.165, 1.54) is 24.3 Å². The van der Waals surface area contributed by atoms with Gasteiger partial charge in [0.15, 0.2) is 0 Å². The molecule has 0 radical (unpaired) electrons. The summed E-state index contributed by atoms with van der Waals surface area (Å²) in [4.78, 5) is -0.147. The Labute approximate surface area is 115 Å². The fourth-order valence-electron chi connectivity index (χ4n) is 0.640. The van der Waals surface area contributed by atoms with Crippen molar-refractivity contribution in [3.05, 3.63) is 24.3 Å². The molecule has 0 saturated heterocycles. The molecule has 0 saturated carbocycles. The maximum atomic E-state index is 10.5. The quantitative estimate of drug-likeness (QED) is 0.310. The fourth-order valence-corrected chi connectivity index (χ4v) is 1.12. The molecule has 0 spiro atoms. The number of nitrogens with two attached hydrogens (primary N) is 1. The molecule has 0 heterocycles. The molecule has 0 aliphatic rings. The van der Waals surface area contributed by atoms with Crippen LogP contribution in [0.2, 0.25) is 0 Å². The fraction of sp³-hybridized carbons (Fsp3) is 0. The van der Waals surface area contributed by atoms with Gasteiger partial charge >= 0.3 is 51.4 Å². The topological polar surface area (TPSA) is 80.4 Å². The summed E-state index contributed by atoms with van der Waals surface area (Å²) < 4.78 is 29.4. The Hall–Kier alpha value is 0.566. The largest absolute Gasteiger partial charge is 1.00 e. The van der Waals surface area contributed by atoms with E-state index in [2.05, 4.69) is 0 Å². The Bertz CT molecular complexity index is 351. The molecule has 62 valence electrons. The Kier molecular flexibility index (Phi) is 4.93. The van der Waals surface area contributed by atoms with E-state index in [0.29, 0.717) is 5.69 Å². The van der Waals surface area contributed by atoms with E-state index in [4.69, 9.17) is 10.3 Å². The third kappa shape index (κ3) is 3.52. The van der Waals surface area contributed by atoms with Crippen LogP contribution in [0.5, 0.6) is 0 Å². The van der Waals surface area contributed by atoms with Crippen LogP contribution in [-0.4, -0.2) is 13.0 Å². The van der Waals surface area contributed by atoms with Crippen molar-refractivity contribution in [1.82, 2.24) is 0 Å². The molecule has 12 heavy (non-hydrogen) atoms. The second kappa shape index (κ2) is 4.71. The number of hydrogen-bond donors (Lipinski definition) is 2. The van der Waals surface area contributed by atoms with Gasteiger partial charge in [0.05, 0.1) is 4.90 Å². The van der Waals surface area contributed by atoms with Gasteiger partial charge in [-0.25, -0.2) is 0 Å². The molecule has 1 aromatic rings. The summed E-state index contributed by atoms with van der Waals surface area (Å²) in [5.74, 6) is 0. The molecular formula is C6H8KNO3S. The maximum absolute atomic E-state index is 10.5. The van der Waals surface area contributed by atoms with Crippen LogP contribution >= 0.6 is 0 Å². The van der Waals surface area contributed by atoms with Gasteiger partial charge in [-0.3, -0.25) is 4.55 Å². The average Bonchev–Trinajstić information content (AvgIpc) is 1.86. The first-order valence-corrected chi connectivity index (χ1v) is 4.27. The van der Waals surface area contributed by atoms with Crippen LogP contribution in [0.1, 0.15) is 1.43 Å². The Morgan fingerprint density at radius 3 is 2.00 bits per heavy atom. The van der Waals surface area contributed by atoms with Crippen molar-refractivity contribution < 1.29 is 65.8 Å². The normalized spacial score (nSPS) is 10.4. The van der Waals surface area contributed by atoms with Crippen LogP contribution in [0.15, 0.2) is 29.2 Å². The van der Waals surface area contributed by atoms with Gasteiger partial charge in [0.2, 0.25) is 0 Å². The van der Waals surface area contributed by atoms with Crippen molar-refractivity contribution in [2.45, 2.75) is 4.90 Å². The molecule has 0 amide bonds. The molecule has 6 heteroatoms. The van der Waals surface area contributed by atoms with Crippen LogP contribution in [0.25, 0.3) is 0 Å². The Morgan fingerprint density at radius 1 is 1.25 bits per heavy atom. The van der Waals surface area contributed by atoms with Gasteiger partial charge in [-0.1, -0.05) is 0 Å². The first-order valence-electron chi connectivity index (χ1n) is 2.83. The number of hydrogen-bond acceptors (Lipinski definition) is 3. The molecule has 0 atom stereocenters. The average molecular weight is 213 g/mol. The van der Waals surface area contributed by atoms with Crippen molar-refractivity contribution in [2.24, 2.45) is 0 Å². The monoisotopic (exact) mass is 213 g/mol. The van der Waals surface area contributed by atoms with Crippen LogP contribution in [-0.2, 0) is 10.1 Å². The molecule has 0 unspecified atom stereocenters. The SMILES string of the molecule is Nc1ccc(S(=O)(=O)O)cc1.[H-].[K+]. The molecule has 1 rings (SSSR count). The minimum atomic E-state index is -4.08. The van der Waals surface area contributed by atoms with Gasteiger partial charge in [0.1, 0.15) is 0 Å². The summed E-state index contributed by atoms with van der Waals surface area (Å²) in [5, 5.41) is 0. The molecular weight excluding hydrogens is 205 g/mol. The Morgan fingerprint density at radius 2 is 1.67 bits per heavy atom. The third-order valence-corrected chi connectivity index (χ3v) is 2.05. The molecule has 4 nitrogen and oxygen atoms in total. The predicted molar refractivity (Wildman–Crippen MR) is 41.8 cm³/mol. The van der Waals surface area contributed by atoms with Gasteiger partial charge in [-0.15, -0.1) is 0 Å². The van der Waals surface area contributed by atoms with Crippen molar-refractivity contribution in [3.63, 3.8) is 0 Å². The number of anilines is 1. The van der Waals surface area contributed by atoms with Crippen molar-refractivity contribution in [1.29, 1.82) is 0 Å². The first kappa shape index (κ1) is 12.6. The van der Waals surface area contributed by atoms with Crippen LogP contribution < -0.4 is 57.1 Å². The zero-order chi connectivity index (χ0) is 8.48. The summed E-state index contributed by atoms with van der Waals surface area (Å²) in [6.45, 7) is 0. The first-order chi connectivity index (χ1) is 5.00. The second-order valence-corrected chi connectivity index (χ2v) is 3.47.